The SMILES string of the molecule is CN=C(NCCCCN1CCCCC1C)NC1CCCCC1. The molecule has 0 aromatic heterocycles. The van der Waals surface area contributed by atoms with Gasteiger partial charge in [-0.05, 0) is 58.5 Å². The van der Waals surface area contributed by atoms with Gasteiger partial charge < -0.3 is 15.5 Å². The number of aliphatic imine (C=N–C) groups is 1. The van der Waals surface area contributed by atoms with Gasteiger partial charge in [-0.25, -0.2) is 0 Å². The summed E-state index contributed by atoms with van der Waals surface area (Å²) in [6, 6.07) is 1.43. The van der Waals surface area contributed by atoms with Crippen LogP contribution in [0.25, 0.3) is 0 Å². The van der Waals surface area contributed by atoms with E-state index in [0.29, 0.717) is 6.04 Å². The number of likely N-dealkylation sites (tertiary alicyclic amines) is 1. The fraction of sp³-hybridized carbons (Fsp3) is 0.944. The van der Waals surface area contributed by atoms with Gasteiger partial charge in [-0.15, -0.1) is 0 Å². The van der Waals surface area contributed by atoms with E-state index < -0.39 is 0 Å². The maximum Gasteiger partial charge on any atom is 0.191 e. The van der Waals surface area contributed by atoms with Crippen LogP contribution in [0.15, 0.2) is 4.99 Å². The molecule has 1 saturated carbocycles. The molecule has 2 aliphatic rings. The average Bonchev–Trinajstić information content (AvgIpc) is 2.56. The summed E-state index contributed by atoms with van der Waals surface area (Å²) in [6.45, 7) is 5.99. The highest BCUT2D eigenvalue weighted by atomic mass is 15.2. The lowest BCUT2D eigenvalue weighted by Gasteiger charge is -2.33. The maximum absolute atomic E-state index is 4.37. The molecule has 22 heavy (non-hydrogen) atoms. The van der Waals surface area contributed by atoms with Crippen molar-refractivity contribution >= 4 is 5.96 Å². The Hall–Kier alpha value is -0.770. The first kappa shape index (κ1) is 17.6. The van der Waals surface area contributed by atoms with Gasteiger partial charge in [-0.1, -0.05) is 25.7 Å². The molecule has 0 amide bonds. The van der Waals surface area contributed by atoms with Gasteiger partial charge in [-0.2, -0.15) is 0 Å². The van der Waals surface area contributed by atoms with Crippen molar-refractivity contribution in [1.82, 2.24) is 15.5 Å². The molecule has 1 aliphatic carbocycles. The van der Waals surface area contributed by atoms with E-state index in [4.69, 9.17) is 0 Å². The molecule has 1 aliphatic heterocycles. The number of unbranched alkanes of at least 4 members (excludes halogenated alkanes) is 1. The van der Waals surface area contributed by atoms with Crippen LogP contribution in [0.1, 0.15) is 71.1 Å². The number of rotatable bonds is 6. The summed E-state index contributed by atoms with van der Waals surface area (Å²) in [5.41, 5.74) is 0. The normalized spacial score (nSPS) is 25.2. The van der Waals surface area contributed by atoms with Gasteiger partial charge in [0.2, 0.25) is 0 Å². The van der Waals surface area contributed by atoms with Crippen LogP contribution in [-0.2, 0) is 0 Å². The Kier molecular flexibility index (Phi) is 8.06. The van der Waals surface area contributed by atoms with E-state index in [9.17, 15) is 0 Å². The molecular formula is C18H36N4. The Labute approximate surface area is 137 Å². The van der Waals surface area contributed by atoms with E-state index in [1.54, 1.807) is 0 Å². The van der Waals surface area contributed by atoms with Crippen molar-refractivity contribution in [2.75, 3.05) is 26.7 Å². The second-order valence-electron chi connectivity index (χ2n) is 7.07. The van der Waals surface area contributed by atoms with Crippen molar-refractivity contribution in [2.24, 2.45) is 4.99 Å². The molecule has 2 fully saturated rings. The predicted molar refractivity (Wildman–Crippen MR) is 95.5 cm³/mol. The van der Waals surface area contributed by atoms with Crippen LogP contribution in [0, 0.1) is 0 Å². The highest BCUT2D eigenvalue weighted by Gasteiger charge is 2.17. The zero-order valence-electron chi connectivity index (χ0n) is 14.7. The van der Waals surface area contributed by atoms with E-state index in [-0.39, 0.29) is 0 Å². The van der Waals surface area contributed by atoms with Crippen LogP contribution in [0.2, 0.25) is 0 Å². The van der Waals surface area contributed by atoms with Crippen LogP contribution in [-0.4, -0.2) is 49.6 Å². The highest BCUT2D eigenvalue weighted by molar-refractivity contribution is 5.79. The minimum Gasteiger partial charge on any atom is -0.356 e. The lowest BCUT2D eigenvalue weighted by molar-refractivity contribution is 0.158. The van der Waals surface area contributed by atoms with Crippen molar-refractivity contribution in [3.63, 3.8) is 0 Å². The third kappa shape index (κ3) is 6.15. The topological polar surface area (TPSA) is 39.7 Å². The van der Waals surface area contributed by atoms with Crippen molar-refractivity contribution in [3.8, 4) is 0 Å². The minimum atomic E-state index is 0.633. The van der Waals surface area contributed by atoms with Gasteiger partial charge in [0.15, 0.2) is 5.96 Å². The van der Waals surface area contributed by atoms with Gasteiger partial charge in [0.25, 0.3) is 0 Å². The van der Waals surface area contributed by atoms with Gasteiger partial charge >= 0.3 is 0 Å². The van der Waals surface area contributed by atoms with Crippen LogP contribution in [0.3, 0.4) is 0 Å². The number of piperidine rings is 1. The van der Waals surface area contributed by atoms with E-state index in [1.165, 1.54) is 77.3 Å². The van der Waals surface area contributed by atoms with Crippen molar-refractivity contribution in [2.45, 2.75) is 83.2 Å². The summed E-state index contributed by atoms with van der Waals surface area (Å²) in [5, 5.41) is 7.07. The largest absolute Gasteiger partial charge is 0.356 e. The molecule has 2 N–H and O–H groups in total. The van der Waals surface area contributed by atoms with E-state index in [1.807, 2.05) is 7.05 Å². The predicted octanol–water partition coefficient (Wildman–Crippen LogP) is 3.14. The van der Waals surface area contributed by atoms with Crippen molar-refractivity contribution < 1.29 is 0 Å². The smallest absolute Gasteiger partial charge is 0.191 e. The van der Waals surface area contributed by atoms with Crippen LogP contribution in [0.4, 0.5) is 0 Å². The molecule has 2 rings (SSSR count). The number of hydrogen-bond donors (Lipinski definition) is 2. The Morgan fingerprint density at radius 2 is 1.82 bits per heavy atom. The Morgan fingerprint density at radius 3 is 2.55 bits per heavy atom. The molecule has 1 saturated heterocycles. The third-order valence-corrected chi connectivity index (χ3v) is 5.27. The van der Waals surface area contributed by atoms with Crippen LogP contribution >= 0.6 is 0 Å². The summed E-state index contributed by atoms with van der Waals surface area (Å²) in [5.74, 6) is 0.998. The van der Waals surface area contributed by atoms with E-state index in [0.717, 1.165) is 18.5 Å². The van der Waals surface area contributed by atoms with Crippen LogP contribution < -0.4 is 10.6 Å². The second-order valence-corrected chi connectivity index (χ2v) is 7.07. The quantitative estimate of drug-likeness (QED) is 0.450. The molecular weight excluding hydrogens is 272 g/mol. The first-order valence-electron chi connectivity index (χ1n) is 9.51. The van der Waals surface area contributed by atoms with Gasteiger partial charge in [0.05, 0.1) is 0 Å². The zero-order valence-corrected chi connectivity index (χ0v) is 14.7. The fourth-order valence-electron chi connectivity index (χ4n) is 3.77. The molecule has 0 bridgehead atoms. The number of nitrogens with one attached hydrogen (secondary N) is 2. The lowest BCUT2D eigenvalue weighted by Crippen LogP contribution is -2.44. The molecule has 1 atom stereocenters. The van der Waals surface area contributed by atoms with Crippen LogP contribution in [0.5, 0.6) is 0 Å². The summed E-state index contributed by atoms with van der Waals surface area (Å²) in [4.78, 5) is 7.03. The molecule has 1 heterocycles. The Morgan fingerprint density at radius 1 is 1.05 bits per heavy atom. The first-order chi connectivity index (χ1) is 10.8. The monoisotopic (exact) mass is 308 g/mol. The fourth-order valence-corrected chi connectivity index (χ4v) is 3.77. The van der Waals surface area contributed by atoms with Gasteiger partial charge in [0, 0.05) is 25.7 Å². The van der Waals surface area contributed by atoms with Gasteiger partial charge in [0.1, 0.15) is 0 Å². The van der Waals surface area contributed by atoms with E-state index in [2.05, 4.69) is 27.4 Å². The Bertz CT molecular complexity index is 323. The summed E-state index contributed by atoms with van der Waals surface area (Å²) in [6.07, 6.45) is 13.4. The summed E-state index contributed by atoms with van der Waals surface area (Å²) < 4.78 is 0. The number of nitrogens with zero attached hydrogens (tertiary/aromatic N) is 2. The molecule has 4 nitrogen and oxygen atoms in total. The van der Waals surface area contributed by atoms with Crippen molar-refractivity contribution in [3.05, 3.63) is 0 Å². The molecule has 0 radical (unpaired) electrons. The molecule has 128 valence electrons. The van der Waals surface area contributed by atoms with Crippen molar-refractivity contribution in [1.29, 1.82) is 0 Å². The number of guanidine groups is 1. The molecule has 1 unspecified atom stereocenters. The molecule has 4 heteroatoms. The standard InChI is InChI=1S/C18H36N4/c1-16-10-6-8-14-22(16)15-9-7-13-20-18(19-2)21-17-11-4-3-5-12-17/h16-17H,3-15H2,1-2H3,(H2,19,20,21). The molecule has 0 aromatic rings. The van der Waals surface area contributed by atoms with E-state index >= 15 is 0 Å². The molecule has 0 spiro atoms. The van der Waals surface area contributed by atoms with Gasteiger partial charge in [-0.3, -0.25) is 4.99 Å². The highest BCUT2D eigenvalue weighted by Crippen LogP contribution is 2.17. The minimum absolute atomic E-state index is 0.633. The average molecular weight is 309 g/mol. The molecule has 0 aromatic carbocycles. The summed E-state index contributed by atoms with van der Waals surface area (Å²) >= 11 is 0. The lowest BCUT2D eigenvalue weighted by atomic mass is 9.96. The zero-order chi connectivity index (χ0) is 15.6. The Balaban J connectivity index is 1.54. The second kappa shape index (κ2) is 10.1. The number of hydrogen-bond acceptors (Lipinski definition) is 2. The first-order valence-corrected chi connectivity index (χ1v) is 9.51. The summed E-state index contributed by atoms with van der Waals surface area (Å²) in [7, 11) is 1.88. The third-order valence-electron chi connectivity index (χ3n) is 5.27. The maximum atomic E-state index is 4.37.